The molecule has 0 aromatic rings. The molecule has 1 aliphatic rings. The Hall–Kier alpha value is -0.920. The molecule has 172 valence electrons. The van der Waals surface area contributed by atoms with E-state index < -0.39 is 10.4 Å². The molecule has 0 bridgehead atoms. The molecule has 0 radical (unpaired) electrons. The van der Waals surface area contributed by atoms with Gasteiger partial charge in [0, 0.05) is 6.54 Å². The Labute approximate surface area is 179 Å². The van der Waals surface area contributed by atoms with E-state index in [2.05, 4.69) is 37.8 Å². The quantitative estimate of drug-likeness (QED) is 0.227. The zero-order chi connectivity index (χ0) is 21.5. The van der Waals surface area contributed by atoms with E-state index in [4.69, 9.17) is 0 Å². The number of unbranched alkanes of at least 4 members (excludes halogenated alkanes) is 12. The molecule has 0 aromatic heterocycles. The van der Waals surface area contributed by atoms with Gasteiger partial charge in [0.05, 0.1) is 26.6 Å². The first-order valence-electron chi connectivity index (χ1n) is 11.4. The molecule has 1 N–H and O–H groups in total. The first-order valence-corrected chi connectivity index (χ1v) is 12.8. The topological polar surface area (TPSA) is 77.0 Å². The predicted octanol–water partition coefficient (Wildman–Crippen LogP) is 5.55. The molecule has 0 aromatic carbocycles. The lowest BCUT2D eigenvalue weighted by Gasteiger charge is -2.03. The van der Waals surface area contributed by atoms with Crippen molar-refractivity contribution in [1.82, 2.24) is 5.32 Å². The Kier molecular flexibility index (Phi) is 21.1. The lowest BCUT2D eigenvalue weighted by atomic mass is 10.1. The highest BCUT2D eigenvalue weighted by Gasteiger charge is 2.07. The van der Waals surface area contributed by atoms with Crippen LogP contribution in [0.3, 0.4) is 0 Å². The molecular formula is C22H44N2O4S. The normalized spacial score (nSPS) is 13.4. The molecular weight excluding hydrogens is 388 g/mol. The van der Waals surface area contributed by atoms with Crippen molar-refractivity contribution in [1.29, 1.82) is 0 Å². The van der Waals surface area contributed by atoms with Crippen LogP contribution in [-0.2, 0) is 18.8 Å². The van der Waals surface area contributed by atoms with E-state index in [0.29, 0.717) is 0 Å². The van der Waals surface area contributed by atoms with Crippen LogP contribution in [0.4, 0.5) is 0 Å². The Morgan fingerprint density at radius 1 is 0.897 bits per heavy atom. The minimum Gasteiger partial charge on any atom is -0.375 e. The third-order valence-electron chi connectivity index (χ3n) is 4.66. The van der Waals surface area contributed by atoms with E-state index >= 15 is 0 Å². The molecule has 1 rings (SSSR count). The van der Waals surface area contributed by atoms with E-state index in [1.54, 1.807) is 6.34 Å². The van der Waals surface area contributed by atoms with Gasteiger partial charge in [0.25, 0.3) is 0 Å². The van der Waals surface area contributed by atoms with Gasteiger partial charge in [-0.15, -0.1) is 0 Å². The summed E-state index contributed by atoms with van der Waals surface area (Å²) in [4.78, 5) is 3.85. The first-order chi connectivity index (χ1) is 14.1. The van der Waals surface area contributed by atoms with Crippen LogP contribution < -0.4 is 5.32 Å². The number of rotatable bonds is 18. The van der Waals surface area contributed by atoms with E-state index in [0.717, 1.165) is 39.5 Å². The van der Waals surface area contributed by atoms with Crippen molar-refractivity contribution in [2.45, 2.75) is 96.8 Å². The number of aliphatic imine (C=N–C) groups is 1. The fourth-order valence-corrected chi connectivity index (χ4v) is 3.30. The summed E-state index contributed by atoms with van der Waals surface area (Å²) in [6, 6.07) is 0. The third kappa shape index (κ3) is 23.2. The molecule has 0 saturated carbocycles. The first kappa shape index (κ1) is 28.1. The van der Waals surface area contributed by atoms with Crippen LogP contribution in [0.25, 0.3) is 0 Å². The average molecular weight is 433 g/mol. The molecule has 0 spiro atoms. The number of allylic oxidation sites excluding steroid dienone is 2. The van der Waals surface area contributed by atoms with Gasteiger partial charge < -0.3 is 5.32 Å². The molecule has 0 aliphatic carbocycles. The lowest BCUT2D eigenvalue weighted by molar-refractivity contribution is 0.238. The van der Waals surface area contributed by atoms with E-state index in [1.165, 1.54) is 70.6 Å². The number of hydrogen-bond donors (Lipinski definition) is 1. The zero-order valence-corrected chi connectivity index (χ0v) is 19.6. The summed E-state index contributed by atoms with van der Waals surface area (Å²) < 4.78 is 30.7. The zero-order valence-electron chi connectivity index (χ0n) is 18.7. The second-order valence-electron chi connectivity index (χ2n) is 7.32. The Morgan fingerprint density at radius 3 is 1.90 bits per heavy atom. The van der Waals surface area contributed by atoms with Gasteiger partial charge in [-0.05, 0) is 32.1 Å². The van der Waals surface area contributed by atoms with Gasteiger partial charge in [-0.1, -0.05) is 76.9 Å². The summed E-state index contributed by atoms with van der Waals surface area (Å²) >= 11 is 0. The molecule has 0 saturated heterocycles. The molecule has 0 fully saturated rings. The number of hydrogen-bond acceptors (Lipinski definition) is 6. The fourth-order valence-electron chi connectivity index (χ4n) is 2.88. The minimum absolute atomic E-state index is 0.220. The number of nitrogens with one attached hydrogen (secondary N) is 1. The van der Waals surface area contributed by atoms with Crippen LogP contribution in [-0.4, -0.2) is 41.6 Å². The summed E-state index contributed by atoms with van der Waals surface area (Å²) in [6.45, 7) is 4.46. The van der Waals surface area contributed by atoms with Crippen molar-refractivity contribution >= 4 is 16.7 Å². The van der Waals surface area contributed by atoms with Gasteiger partial charge >= 0.3 is 10.4 Å². The Balaban J connectivity index is 0.00000135. The molecule has 1 aliphatic heterocycles. The SMILES string of the molecule is C1=NCCN1.CCCCCCCC/C=C\CCCCCCCCOS(=O)(=O)OC. The highest BCUT2D eigenvalue weighted by atomic mass is 32.3. The number of nitrogens with zero attached hydrogens (tertiary/aromatic N) is 1. The van der Waals surface area contributed by atoms with Crippen LogP contribution in [0.15, 0.2) is 17.1 Å². The summed E-state index contributed by atoms with van der Waals surface area (Å²) in [5, 5.41) is 2.93. The summed E-state index contributed by atoms with van der Waals surface area (Å²) in [6.07, 6.45) is 23.6. The molecule has 0 unspecified atom stereocenters. The predicted molar refractivity (Wildman–Crippen MR) is 123 cm³/mol. The molecule has 1 heterocycles. The third-order valence-corrected chi connectivity index (χ3v) is 5.52. The highest BCUT2D eigenvalue weighted by molar-refractivity contribution is 7.81. The van der Waals surface area contributed by atoms with Gasteiger partial charge in [0.2, 0.25) is 0 Å². The van der Waals surface area contributed by atoms with Crippen molar-refractivity contribution < 1.29 is 16.8 Å². The van der Waals surface area contributed by atoms with Crippen molar-refractivity contribution in [2.24, 2.45) is 4.99 Å². The lowest BCUT2D eigenvalue weighted by Crippen LogP contribution is -2.08. The maximum atomic E-state index is 10.9. The average Bonchev–Trinajstić information content (AvgIpc) is 3.30. The second kappa shape index (κ2) is 21.8. The summed E-state index contributed by atoms with van der Waals surface area (Å²) in [7, 11) is -2.64. The highest BCUT2D eigenvalue weighted by Crippen LogP contribution is 2.10. The largest absolute Gasteiger partial charge is 0.399 e. The van der Waals surface area contributed by atoms with Crippen LogP contribution in [0, 0.1) is 0 Å². The van der Waals surface area contributed by atoms with Crippen LogP contribution >= 0.6 is 0 Å². The summed E-state index contributed by atoms with van der Waals surface area (Å²) in [5.41, 5.74) is 0. The van der Waals surface area contributed by atoms with Crippen molar-refractivity contribution in [3.63, 3.8) is 0 Å². The van der Waals surface area contributed by atoms with E-state index in [9.17, 15) is 8.42 Å². The molecule has 0 atom stereocenters. The van der Waals surface area contributed by atoms with Crippen LogP contribution in [0.2, 0.25) is 0 Å². The van der Waals surface area contributed by atoms with Gasteiger partial charge in [-0.3, -0.25) is 9.18 Å². The van der Waals surface area contributed by atoms with E-state index in [-0.39, 0.29) is 6.61 Å². The maximum Gasteiger partial charge on any atom is 0.399 e. The molecule has 0 amide bonds. The molecule has 6 nitrogen and oxygen atoms in total. The Bertz CT molecular complexity index is 487. The standard InChI is InChI=1S/C19H38O4S.C3H6N2/c1-3-4-5-6-7-8-9-10-11-12-13-14-15-16-17-18-19-23-24(20,21)22-2;1-2-5-3-4-1/h10-11H,3-9,12-19H2,1-2H3;3H,1-2H2,(H,4,5)/b11-10-;. The fraction of sp³-hybridized carbons (Fsp3) is 0.864. The Morgan fingerprint density at radius 2 is 1.45 bits per heavy atom. The van der Waals surface area contributed by atoms with E-state index in [1.807, 2.05) is 0 Å². The maximum absolute atomic E-state index is 10.9. The molecule has 7 heteroatoms. The van der Waals surface area contributed by atoms with Gasteiger partial charge in [0.1, 0.15) is 0 Å². The smallest absolute Gasteiger partial charge is 0.375 e. The van der Waals surface area contributed by atoms with Crippen molar-refractivity contribution in [3.8, 4) is 0 Å². The van der Waals surface area contributed by atoms with Gasteiger partial charge in [-0.25, -0.2) is 4.18 Å². The van der Waals surface area contributed by atoms with Crippen LogP contribution in [0.5, 0.6) is 0 Å². The monoisotopic (exact) mass is 432 g/mol. The second-order valence-corrected chi connectivity index (χ2v) is 8.71. The van der Waals surface area contributed by atoms with Gasteiger partial charge in [0.15, 0.2) is 0 Å². The van der Waals surface area contributed by atoms with Crippen molar-refractivity contribution in [2.75, 3.05) is 26.8 Å². The minimum atomic E-state index is -3.75. The van der Waals surface area contributed by atoms with Gasteiger partial charge in [-0.2, -0.15) is 8.42 Å². The molecule has 29 heavy (non-hydrogen) atoms. The van der Waals surface area contributed by atoms with Crippen LogP contribution in [0.1, 0.15) is 96.8 Å². The summed E-state index contributed by atoms with van der Waals surface area (Å²) in [5.74, 6) is 0. The van der Waals surface area contributed by atoms with Crippen molar-refractivity contribution in [3.05, 3.63) is 12.2 Å².